The maximum Gasteiger partial charge on any atom is 0.270 e. The number of likely N-dealkylation sites (N-methyl/N-ethyl adjacent to an activating group) is 1. The molecule has 1 aromatic heterocycles. The van der Waals surface area contributed by atoms with Crippen LogP contribution in [0.15, 0.2) is 17.2 Å². The fraction of sp³-hybridized carbons (Fsp3) is 0.615. The number of carbonyl (C=O) groups excluding carboxylic acids is 1. The highest BCUT2D eigenvalue weighted by Gasteiger charge is 2.33. The molecule has 1 aliphatic carbocycles. The highest BCUT2D eigenvalue weighted by Crippen LogP contribution is 2.38. The lowest BCUT2D eigenvalue weighted by Gasteiger charge is -2.23. The van der Waals surface area contributed by atoms with Gasteiger partial charge in [0.15, 0.2) is 0 Å². The van der Waals surface area contributed by atoms with Gasteiger partial charge in [0.05, 0.1) is 12.6 Å². The van der Waals surface area contributed by atoms with Gasteiger partial charge in [-0.15, -0.1) is 0 Å². The van der Waals surface area contributed by atoms with Crippen molar-refractivity contribution in [2.24, 2.45) is 0 Å². The van der Waals surface area contributed by atoms with Crippen LogP contribution >= 0.6 is 10.7 Å². The normalized spacial score (nSPS) is 22.5. The van der Waals surface area contributed by atoms with Gasteiger partial charge in [-0.25, -0.2) is 8.42 Å². The van der Waals surface area contributed by atoms with E-state index in [-0.39, 0.29) is 22.9 Å². The highest BCUT2D eigenvalue weighted by molar-refractivity contribution is 8.13. The van der Waals surface area contributed by atoms with Crippen LogP contribution in [0, 0.1) is 0 Å². The molecule has 1 aliphatic heterocycles. The molecule has 0 bridgehead atoms. The lowest BCUT2D eigenvalue weighted by Crippen LogP contribution is -2.38. The maximum atomic E-state index is 12.6. The van der Waals surface area contributed by atoms with E-state index < -0.39 is 9.05 Å². The predicted molar refractivity (Wildman–Crippen MR) is 77.1 cm³/mol. The Labute approximate surface area is 128 Å². The zero-order valence-electron chi connectivity index (χ0n) is 11.7. The number of ether oxygens (including phenoxy) is 1. The molecule has 0 aromatic carbocycles. The number of carbonyl (C=O) groups is 1. The van der Waals surface area contributed by atoms with Crippen molar-refractivity contribution in [1.29, 1.82) is 0 Å². The maximum absolute atomic E-state index is 12.6. The van der Waals surface area contributed by atoms with Crippen LogP contribution in [-0.4, -0.2) is 50.1 Å². The monoisotopic (exact) mass is 332 g/mol. The minimum Gasteiger partial charge on any atom is -0.379 e. The Bertz CT molecular complexity index is 660. The second-order valence-electron chi connectivity index (χ2n) is 5.57. The largest absolute Gasteiger partial charge is 0.379 e. The van der Waals surface area contributed by atoms with E-state index >= 15 is 0 Å². The summed E-state index contributed by atoms with van der Waals surface area (Å²) in [6, 6.07) is 1.61. The van der Waals surface area contributed by atoms with Crippen molar-refractivity contribution < 1.29 is 17.9 Å². The first kappa shape index (κ1) is 14.9. The molecule has 1 amide bonds. The number of hydrogen-bond acceptors (Lipinski definition) is 4. The fourth-order valence-electron chi connectivity index (χ4n) is 2.59. The van der Waals surface area contributed by atoms with Crippen molar-refractivity contribution in [3.8, 4) is 0 Å². The SMILES string of the molecule is CN(C(=O)c1cc(S(=O)(=O)Cl)cn1C1CC1)C1CCOC1. The number of nitrogens with zero attached hydrogens (tertiary/aromatic N) is 2. The molecule has 8 heteroatoms. The average molecular weight is 333 g/mol. The molecule has 2 heterocycles. The summed E-state index contributed by atoms with van der Waals surface area (Å²) < 4.78 is 30.0. The zero-order valence-corrected chi connectivity index (χ0v) is 13.2. The first-order valence-electron chi connectivity index (χ1n) is 6.89. The molecule has 0 radical (unpaired) electrons. The molecule has 21 heavy (non-hydrogen) atoms. The Kier molecular flexibility index (Phi) is 3.75. The summed E-state index contributed by atoms with van der Waals surface area (Å²) in [5.41, 5.74) is 0.381. The van der Waals surface area contributed by atoms with Crippen LogP contribution < -0.4 is 0 Å². The van der Waals surface area contributed by atoms with Crippen LogP contribution in [0.2, 0.25) is 0 Å². The highest BCUT2D eigenvalue weighted by atomic mass is 35.7. The summed E-state index contributed by atoms with van der Waals surface area (Å²) in [5.74, 6) is -0.191. The minimum atomic E-state index is -3.83. The molecule has 0 spiro atoms. The Morgan fingerprint density at radius 2 is 2.14 bits per heavy atom. The van der Waals surface area contributed by atoms with Gasteiger partial charge in [0.1, 0.15) is 10.6 Å². The minimum absolute atomic E-state index is 0.0181. The predicted octanol–water partition coefficient (Wildman–Crippen LogP) is 1.61. The summed E-state index contributed by atoms with van der Waals surface area (Å²) >= 11 is 0. The zero-order chi connectivity index (χ0) is 15.2. The Morgan fingerprint density at radius 3 is 2.67 bits per heavy atom. The number of rotatable bonds is 4. The molecular formula is C13H17ClN2O4S. The number of hydrogen-bond donors (Lipinski definition) is 0. The average Bonchev–Trinajstić information content (AvgIpc) is 2.95. The molecule has 6 nitrogen and oxygen atoms in total. The van der Waals surface area contributed by atoms with Crippen LogP contribution in [-0.2, 0) is 13.8 Å². The quantitative estimate of drug-likeness (QED) is 0.786. The van der Waals surface area contributed by atoms with Gasteiger partial charge >= 0.3 is 0 Å². The molecule has 116 valence electrons. The molecule has 1 atom stereocenters. The number of halogens is 1. The van der Waals surface area contributed by atoms with E-state index in [0.29, 0.717) is 18.9 Å². The summed E-state index contributed by atoms with van der Waals surface area (Å²) in [6.45, 7) is 1.17. The molecule has 1 saturated heterocycles. The first-order valence-corrected chi connectivity index (χ1v) is 9.20. The molecule has 2 fully saturated rings. The molecule has 1 saturated carbocycles. The third-order valence-electron chi connectivity index (χ3n) is 4.04. The van der Waals surface area contributed by atoms with Crippen LogP contribution in [0.5, 0.6) is 0 Å². The van der Waals surface area contributed by atoms with Crippen LogP contribution in [0.1, 0.15) is 35.8 Å². The molecule has 3 rings (SSSR count). The Hall–Kier alpha value is -1.05. The lowest BCUT2D eigenvalue weighted by atomic mass is 10.2. The summed E-state index contributed by atoms with van der Waals surface area (Å²) in [4.78, 5) is 14.2. The van der Waals surface area contributed by atoms with Crippen molar-refractivity contribution in [2.45, 2.75) is 36.2 Å². The smallest absolute Gasteiger partial charge is 0.270 e. The van der Waals surface area contributed by atoms with Gasteiger partial charge in [0.25, 0.3) is 15.0 Å². The lowest BCUT2D eigenvalue weighted by molar-refractivity contribution is 0.0700. The standard InChI is InChI=1S/C13H17ClN2O4S/c1-15(10-4-5-20-8-10)13(17)12-6-11(21(14,18)19)7-16(12)9-2-3-9/h6-7,9-10H,2-5,8H2,1H3. The number of aromatic nitrogens is 1. The second kappa shape index (κ2) is 5.30. The second-order valence-corrected chi connectivity index (χ2v) is 8.14. The summed E-state index contributed by atoms with van der Waals surface area (Å²) in [6.07, 6.45) is 4.17. The molecule has 1 aromatic rings. The molecular weight excluding hydrogens is 316 g/mol. The van der Waals surface area contributed by atoms with Gasteiger partial charge in [-0.3, -0.25) is 4.79 Å². The Balaban J connectivity index is 1.92. The van der Waals surface area contributed by atoms with Crippen molar-refractivity contribution in [3.05, 3.63) is 18.0 Å². The Morgan fingerprint density at radius 1 is 1.43 bits per heavy atom. The third-order valence-corrected chi connectivity index (χ3v) is 5.36. The molecule has 0 N–H and O–H groups in total. The fourth-order valence-corrected chi connectivity index (χ4v) is 3.33. The van der Waals surface area contributed by atoms with Crippen LogP contribution in [0.3, 0.4) is 0 Å². The van der Waals surface area contributed by atoms with E-state index in [1.54, 1.807) is 16.5 Å². The van der Waals surface area contributed by atoms with E-state index in [1.165, 1.54) is 12.3 Å². The van der Waals surface area contributed by atoms with E-state index in [9.17, 15) is 13.2 Å². The number of amides is 1. The third kappa shape index (κ3) is 2.95. The summed E-state index contributed by atoms with van der Waals surface area (Å²) in [7, 11) is 3.28. The van der Waals surface area contributed by atoms with E-state index in [0.717, 1.165) is 19.3 Å². The van der Waals surface area contributed by atoms with Gasteiger partial charge in [-0.1, -0.05) is 0 Å². The molecule has 1 unspecified atom stereocenters. The topological polar surface area (TPSA) is 68.6 Å². The van der Waals surface area contributed by atoms with Crippen molar-refractivity contribution in [3.63, 3.8) is 0 Å². The van der Waals surface area contributed by atoms with Crippen molar-refractivity contribution in [1.82, 2.24) is 9.47 Å². The van der Waals surface area contributed by atoms with Gasteiger partial charge in [0.2, 0.25) is 0 Å². The van der Waals surface area contributed by atoms with Gasteiger partial charge < -0.3 is 14.2 Å². The molecule has 2 aliphatic rings. The van der Waals surface area contributed by atoms with Gasteiger partial charge in [-0.05, 0) is 25.3 Å². The summed E-state index contributed by atoms with van der Waals surface area (Å²) in [5, 5.41) is 0. The van der Waals surface area contributed by atoms with Crippen LogP contribution in [0.4, 0.5) is 0 Å². The van der Waals surface area contributed by atoms with Crippen molar-refractivity contribution in [2.75, 3.05) is 20.3 Å². The van der Waals surface area contributed by atoms with E-state index in [1.807, 2.05) is 0 Å². The van der Waals surface area contributed by atoms with E-state index in [2.05, 4.69) is 0 Å². The van der Waals surface area contributed by atoms with E-state index in [4.69, 9.17) is 15.4 Å². The first-order chi connectivity index (χ1) is 9.88. The van der Waals surface area contributed by atoms with Crippen molar-refractivity contribution >= 4 is 25.6 Å². The van der Waals surface area contributed by atoms with Crippen LogP contribution in [0.25, 0.3) is 0 Å². The van der Waals surface area contributed by atoms with Gasteiger partial charge in [-0.2, -0.15) is 0 Å². The van der Waals surface area contributed by atoms with Gasteiger partial charge in [0, 0.05) is 36.6 Å².